The quantitative estimate of drug-likeness (QED) is 0.471. The molecule has 0 saturated heterocycles. The van der Waals surface area contributed by atoms with Gasteiger partial charge in [0.15, 0.2) is 0 Å². The normalized spacial score (nSPS) is 14.7. The molecule has 0 aromatic carbocycles. The van der Waals surface area contributed by atoms with E-state index in [1.807, 2.05) is 6.92 Å². The van der Waals surface area contributed by atoms with Crippen molar-refractivity contribution in [3.05, 3.63) is 0 Å². The van der Waals surface area contributed by atoms with Crippen molar-refractivity contribution < 1.29 is 29.0 Å². The van der Waals surface area contributed by atoms with Gasteiger partial charge in [-0.25, -0.2) is 4.79 Å². The lowest BCUT2D eigenvalue weighted by atomic mass is 9.86. The summed E-state index contributed by atoms with van der Waals surface area (Å²) in [4.78, 5) is 33.7. The molecule has 0 aliphatic heterocycles. The Hall–Kier alpha value is -1.79. The first-order valence-electron chi connectivity index (χ1n) is 8.00. The van der Waals surface area contributed by atoms with Gasteiger partial charge in [0.1, 0.15) is 0 Å². The zero-order chi connectivity index (χ0) is 18.0. The summed E-state index contributed by atoms with van der Waals surface area (Å²) < 4.78 is 9.46. The highest BCUT2D eigenvalue weighted by atomic mass is 16.7. The predicted octanol–water partition coefficient (Wildman–Crippen LogP) is 2.78. The lowest BCUT2D eigenvalue weighted by Crippen LogP contribution is -2.36. The highest BCUT2D eigenvalue weighted by molar-refractivity contribution is 5.72. The summed E-state index contributed by atoms with van der Waals surface area (Å²) in [7, 11) is 0. The molecule has 0 aromatic rings. The Morgan fingerprint density at radius 1 is 1.09 bits per heavy atom. The number of carbonyl (C=O) groups is 3. The van der Waals surface area contributed by atoms with Crippen LogP contribution in [0.3, 0.4) is 0 Å². The number of amides is 1. The maximum absolute atomic E-state index is 11.6. The molecule has 0 aliphatic carbocycles. The molecular formula is C16H29NO6. The Labute approximate surface area is 137 Å². The third kappa shape index (κ3) is 10.5. The molecule has 0 rings (SSSR count). The molecule has 1 amide bonds. The summed E-state index contributed by atoms with van der Waals surface area (Å²) in [6.45, 7) is 8.84. The second-order valence-electron chi connectivity index (χ2n) is 6.14. The highest BCUT2D eigenvalue weighted by Crippen LogP contribution is 2.23. The third-order valence-electron chi connectivity index (χ3n) is 3.45. The van der Waals surface area contributed by atoms with E-state index in [1.165, 1.54) is 13.8 Å². The van der Waals surface area contributed by atoms with E-state index in [2.05, 4.69) is 23.9 Å². The fraction of sp³-hybridized carbons (Fsp3) is 0.812. The Morgan fingerprint density at radius 3 is 2.13 bits per heavy atom. The minimum absolute atomic E-state index is 0.0183. The van der Waals surface area contributed by atoms with Crippen LogP contribution in [0.1, 0.15) is 53.9 Å². The van der Waals surface area contributed by atoms with Crippen LogP contribution in [0.2, 0.25) is 0 Å². The van der Waals surface area contributed by atoms with Gasteiger partial charge in [0.25, 0.3) is 0 Å². The van der Waals surface area contributed by atoms with Crippen LogP contribution in [-0.2, 0) is 19.1 Å². The number of aliphatic carboxylic acids is 1. The molecule has 2 N–H and O–H groups in total. The van der Waals surface area contributed by atoms with Crippen molar-refractivity contribution in [3.8, 4) is 0 Å². The first kappa shape index (κ1) is 21.2. The molecular weight excluding hydrogens is 302 g/mol. The number of nitrogens with one attached hydrogen (secondary N) is 1. The first-order valence-corrected chi connectivity index (χ1v) is 8.00. The van der Waals surface area contributed by atoms with Crippen molar-refractivity contribution in [2.45, 2.75) is 60.2 Å². The minimum atomic E-state index is -1.01. The fourth-order valence-electron chi connectivity index (χ4n) is 2.43. The maximum Gasteiger partial charge on any atom is 0.410 e. The van der Waals surface area contributed by atoms with E-state index in [9.17, 15) is 19.5 Å². The molecule has 0 unspecified atom stereocenters. The SMILES string of the molecule is CC[C@H](CC(C)C)C[C@H](CNC(=O)O[C@@H](C)OC(C)=O)C(=O)O. The van der Waals surface area contributed by atoms with Crippen molar-refractivity contribution in [2.24, 2.45) is 17.8 Å². The molecule has 3 atom stereocenters. The summed E-state index contributed by atoms with van der Waals surface area (Å²) in [5, 5.41) is 11.7. The van der Waals surface area contributed by atoms with E-state index < -0.39 is 30.2 Å². The van der Waals surface area contributed by atoms with Crippen LogP contribution in [0.4, 0.5) is 4.79 Å². The van der Waals surface area contributed by atoms with Crippen LogP contribution in [0.5, 0.6) is 0 Å². The van der Waals surface area contributed by atoms with Gasteiger partial charge < -0.3 is 19.9 Å². The Bertz CT molecular complexity index is 396. The van der Waals surface area contributed by atoms with Crippen LogP contribution >= 0.6 is 0 Å². The van der Waals surface area contributed by atoms with E-state index >= 15 is 0 Å². The second-order valence-corrected chi connectivity index (χ2v) is 6.14. The van der Waals surface area contributed by atoms with E-state index in [0.29, 0.717) is 18.3 Å². The predicted molar refractivity (Wildman–Crippen MR) is 84.7 cm³/mol. The fourth-order valence-corrected chi connectivity index (χ4v) is 2.43. The van der Waals surface area contributed by atoms with Crippen LogP contribution in [0.15, 0.2) is 0 Å². The molecule has 0 heterocycles. The largest absolute Gasteiger partial charge is 0.481 e. The van der Waals surface area contributed by atoms with E-state index in [0.717, 1.165) is 12.8 Å². The molecule has 0 aromatic heterocycles. The number of ether oxygens (including phenoxy) is 2. The number of carbonyl (C=O) groups excluding carboxylic acids is 2. The van der Waals surface area contributed by atoms with Gasteiger partial charge in [-0.3, -0.25) is 9.59 Å². The van der Waals surface area contributed by atoms with Gasteiger partial charge >= 0.3 is 18.0 Å². The van der Waals surface area contributed by atoms with Crippen molar-refractivity contribution in [1.82, 2.24) is 5.32 Å². The number of hydrogen-bond donors (Lipinski definition) is 2. The average Bonchev–Trinajstić information content (AvgIpc) is 2.39. The Kier molecular flexibility index (Phi) is 10.0. The summed E-state index contributed by atoms with van der Waals surface area (Å²) in [5.41, 5.74) is 0. The molecule has 134 valence electrons. The Balaban J connectivity index is 4.40. The molecule has 7 heteroatoms. The molecule has 0 aliphatic rings. The van der Waals surface area contributed by atoms with Crippen molar-refractivity contribution >= 4 is 18.0 Å². The lowest BCUT2D eigenvalue weighted by Gasteiger charge is -2.22. The minimum Gasteiger partial charge on any atom is -0.481 e. The number of rotatable bonds is 10. The molecule has 0 radical (unpaired) electrons. The van der Waals surface area contributed by atoms with Crippen molar-refractivity contribution in [3.63, 3.8) is 0 Å². The Morgan fingerprint density at radius 2 is 1.70 bits per heavy atom. The smallest absolute Gasteiger partial charge is 0.410 e. The molecule has 0 bridgehead atoms. The van der Waals surface area contributed by atoms with Gasteiger partial charge in [0.2, 0.25) is 6.29 Å². The lowest BCUT2D eigenvalue weighted by molar-refractivity contribution is -0.162. The number of esters is 1. The van der Waals surface area contributed by atoms with Crippen molar-refractivity contribution in [2.75, 3.05) is 6.54 Å². The van der Waals surface area contributed by atoms with E-state index in [-0.39, 0.29) is 6.54 Å². The zero-order valence-corrected chi connectivity index (χ0v) is 14.6. The van der Waals surface area contributed by atoms with Gasteiger partial charge in [0, 0.05) is 20.4 Å². The maximum atomic E-state index is 11.6. The average molecular weight is 331 g/mol. The number of hydrogen-bond acceptors (Lipinski definition) is 5. The van der Waals surface area contributed by atoms with E-state index in [4.69, 9.17) is 4.74 Å². The molecule has 0 spiro atoms. The molecule has 23 heavy (non-hydrogen) atoms. The van der Waals surface area contributed by atoms with Gasteiger partial charge in [-0.2, -0.15) is 0 Å². The van der Waals surface area contributed by atoms with E-state index in [1.54, 1.807) is 0 Å². The monoisotopic (exact) mass is 331 g/mol. The summed E-state index contributed by atoms with van der Waals surface area (Å²) >= 11 is 0. The third-order valence-corrected chi connectivity index (χ3v) is 3.45. The summed E-state index contributed by atoms with van der Waals surface area (Å²) in [6.07, 6.45) is 0.537. The number of carboxylic acid groups (broad SMARTS) is 1. The highest BCUT2D eigenvalue weighted by Gasteiger charge is 2.23. The standard InChI is InChI=1S/C16H29NO6/c1-6-13(7-10(2)3)8-14(15(19)20)9-17-16(21)23-12(5)22-11(4)18/h10,12-14H,6-9H2,1-5H3,(H,17,21)(H,19,20)/t12-,13+,14+/m0/s1. The zero-order valence-electron chi connectivity index (χ0n) is 14.6. The van der Waals surface area contributed by atoms with Crippen molar-refractivity contribution in [1.29, 1.82) is 0 Å². The van der Waals surface area contributed by atoms with Crippen LogP contribution < -0.4 is 5.32 Å². The number of carboxylic acids is 1. The van der Waals surface area contributed by atoms with Gasteiger partial charge in [0.05, 0.1) is 5.92 Å². The van der Waals surface area contributed by atoms with Crippen LogP contribution in [0.25, 0.3) is 0 Å². The number of alkyl carbamates (subject to hydrolysis) is 1. The first-order chi connectivity index (χ1) is 10.6. The van der Waals surface area contributed by atoms with Gasteiger partial charge in [-0.1, -0.05) is 27.2 Å². The summed E-state index contributed by atoms with van der Waals surface area (Å²) in [6, 6.07) is 0. The summed E-state index contributed by atoms with van der Waals surface area (Å²) in [5.74, 6) is -1.38. The molecule has 7 nitrogen and oxygen atoms in total. The van der Waals surface area contributed by atoms with Crippen LogP contribution in [-0.4, -0.2) is 36.0 Å². The molecule has 0 fully saturated rings. The topological polar surface area (TPSA) is 102 Å². The van der Waals surface area contributed by atoms with Gasteiger partial charge in [-0.05, 0) is 24.7 Å². The van der Waals surface area contributed by atoms with Crippen LogP contribution in [0, 0.1) is 17.8 Å². The molecule has 0 saturated carbocycles. The second kappa shape index (κ2) is 10.9. The van der Waals surface area contributed by atoms with Gasteiger partial charge in [-0.15, -0.1) is 0 Å².